The quantitative estimate of drug-likeness (QED) is 0.939. The first kappa shape index (κ1) is 15.8. The van der Waals surface area contributed by atoms with Crippen LogP contribution in [0.3, 0.4) is 0 Å². The van der Waals surface area contributed by atoms with E-state index in [9.17, 15) is 9.90 Å². The SMILES string of the molecule is Cc1ccoc1C(=O)N1CCN(C[C@H](O)c2ccccc2)CC1. The molecule has 5 nitrogen and oxygen atoms in total. The molecule has 23 heavy (non-hydrogen) atoms. The molecule has 1 aliphatic heterocycles. The summed E-state index contributed by atoms with van der Waals surface area (Å²) in [7, 11) is 0. The van der Waals surface area contributed by atoms with E-state index >= 15 is 0 Å². The van der Waals surface area contributed by atoms with E-state index in [4.69, 9.17) is 4.42 Å². The van der Waals surface area contributed by atoms with Gasteiger partial charge in [-0.05, 0) is 18.6 Å². The normalized spacial score (nSPS) is 17.2. The second kappa shape index (κ2) is 6.98. The van der Waals surface area contributed by atoms with Crippen molar-refractivity contribution < 1.29 is 14.3 Å². The molecule has 1 amide bonds. The summed E-state index contributed by atoms with van der Waals surface area (Å²) < 4.78 is 5.28. The number of amides is 1. The van der Waals surface area contributed by atoms with Crippen molar-refractivity contribution in [1.29, 1.82) is 0 Å². The van der Waals surface area contributed by atoms with Crippen LogP contribution >= 0.6 is 0 Å². The van der Waals surface area contributed by atoms with Gasteiger partial charge in [-0.25, -0.2) is 0 Å². The van der Waals surface area contributed by atoms with Gasteiger partial charge < -0.3 is 14.4 Å². The fourth-order valence-electron chi connectivity index (χ4n) is 2.89. The fraction of sp³-hybridized carbons (Fsp3) is 0.389. The number of carbonyl (C=O) groups excluding carboxylic acids is 1. The molecular weight excluding hydrogens is 292 g/mol. The molecule has 0 unspecified atom stereocenters. The number of aliphatic hydroxyl groups excluding tert-OH is 1. The minimum Gasteiger partial charge on any atom is -0.459 e. The Hall–Kier alpha value is -2.11. The standard InChI is InChI=1S/C18H22N2O3/c1-14-7-12-23-17(14)18(22)20-10-8-19(9-11-20)13-16(21)15-5-3-2-4-6-15/h2-7,12,16,21H,8-11,13H2,1H3/t16-/m0/s1. The van der Waals surface area contributed by atoms with Crippen molar-refractivity contribution in [2.75, 3.05) is 32.7 Å². The smallest absolute Gasteiger partial charge is 0.289 e. The van der Waals surface area contributed by atoms with Crippen molar-refractivity contribution in [3.63, 3.8) is 0 Å². The number of carbonyl (C=O) groups is 1. The molecule has 1 aromatic heterocycles. The maximum atomic E-state index is 12.4. The Balaban J connectivity index is 1.53. The molecule has 0 bridgehead atoms. The monoisotopic (exact) mass is 314 g/mol. The van der Waals surface area contributed by atoms with Crippen LogP contribution in [0.25, 0.3) is 0 Å². The first-order valence-corrected chi connectivity index (χ1v) is 7.94. The van der Waals surface area contributed by atoms with Gasteiger partial charge in [0.15, 0.2) is 5.76 Å². The third kappa shape index (κ3) is 3.63. The molecule has 0 radical (unpaired) electrons. The van der Waals surface area contributed by atoms with Gasteiger partial charge in [0, 0.05) is 38.3 Å². The highest BCUT2D eigenvalue weighted by Crippen LogP contribution is 2.17. The maximum absolute atomic E-state index is 12.4. The maximum Gasteiger partial charge on any atom is 0.289 e. The van der Waals surface area contributed by atoms with Crippen molar-refractivity contribution >= 4 is 5.91 Å². The number of aryl methyl sites for hydroxylation is 1. The minimum atomic E-state index is -0.495. The van der Waals surface area contributed by atoms with Crippen LogP contribution in [0.4, 0.5) is 0 Å². The van der Waals surface area contributed by atoms with Gasteiger partial charge in [-0.15, -0.1) is 0 Å². The highest BCUT2D eigenvalue weighted by molar-refractivity contribution is 5.92. The number of hydrogen-bond acceptors (Lipinski definition) is 4. The number of benzene rings is 1. The Morgan fingerprint density at radius 1 is 1.17 bits per heavy atom. The first-order valence-electron chi connectivity index (χ1n) is 7.94. The van der Waals surface area contributed by atoms with Gasteiger partial charge in [0.2, 0.25) is 0 Å². The van der Waals surface area contributed by atoms with Gasteiger partial charge in [-0.3, -0.25) is 9.69 Å². The predicted octanol–water partition coefficient (Wildman–Crippen LogP) is 2.08. The van der Waals surface area contributed by atoms with Gasteiger partial charge >= 0.3 is 0 Å². The highest BCUT2D eigenvalue weighted by atomic mass is 16.3. The molecule has 1 aromatic carbocycles. The highest BCUT2D eigenvalue weighted by Gasteiger charge is 2.26. The Morgan fingerprint density at radius 2 is 1.87 bits per heavy atom. The first-order chi connectivity index (χ1) is 11.1. The molecule has 0 saturated carbocycles. The van der Waals surface area contributed by atoms with Crippen LogP contribution in [0.2, 0.25) is 0 Å². The summed E-state index contributed by atoms with van der Waals surface area (Å²) in [5.74, 6) is 0.388. The van der Waals surface area contributed by atoms with E-state index in [-0.39, 0.29) is 5.91 Å². The predicted molar refractivity (Wildman–Crippen MR) is 87.2 cm³/mol. The van der Waals surface area contributed by atoms with Crippen LogP contribution < -0.4 is 0 Å². The number of β-amino-alcohol motifs (C(OH)–C–C–N with tert-alkyl or cyclic N) is 1. The zero-order valence-electron chi connectivity index (χ0n) is 13.3. The third-order valence-electron chi connectivity index (χ3n) is 4.33. The van der Waals surface area contributed by atoms with Gasteiger partial charge in [0.05, 0.1) is 12.4 Å². The molecule has 1 aliphatic rings. The van der Waals surface area contributed by atoms with Gasteiger partial charge in [-0.1, -0.05) is 30.3 Å². The molecule has 0 aliphatic carbocycles. The Morgan fingerprint density at radius 3 is 2.48 bits per heavy atom. The lowest BCUT2D eigenvalue weighted by atomic mass is 10.1. The lowest BCUT2D eigenvalue weighted by Crippen LogP contribution is -2.49. The second-order valence-electron chi connectivity index (χ2n) is 5.95. The Bertz CT molecular complexity index is 645. The molecule has 0 spiro atoms. The average molecular weight is 314 g/mol. The van der Waals surface area contributed by atoms with Crippen LogP contribution in [-0.4, -0.2) is 53.5 Å². The molecule has 3 rings (SSSR count). The molecule has 1 fully saturated rings. The van der Waals surface area contributed by atoms with Crippen LogP contribution in [0.1, 0.15) is 27.8 Å². The van der Waals surface area contributed by atoms with E-state index in [0.717, 1.165) is 24.2 Å². The number of rotatable bonds is 4. The molecule has 1 atom stereocenters. The third-order valence-corrected chi connectivity index (χ3v) is 4.33. The molecule has 2 aromatic rings. The molecule has 2 heterocycles. The van der Waals surface area contributed by atoms with Crippen LogP contribution in [-0.2, 0) is 0 Å². The summed E-state index contributed by atoms with van der Waals surface area (Å²) in [6.07, 6.45) is 1.06. The Labute approximate surface area is 136 Å². The number of aliphatic hydroxyl groups is 1. The summed E-state index contributed by atoms with van der Waals surface area (Å²) in [5, 5.41) is 10.3. The summed E-state index contributed by atoms with van der Waals surface area (Å²) >= 11 is 0. The molecule has 5 heteroatoms. The van der Waals surface area contributed by atoms with E-state index in [0.29, 0.717) is 25.4 Å². The summed E-state index contributed by atoms with van der Waals surface area (Å²) in [5.41, 5.74) is 1.80. The van der Waals surface area contributed by atoms with Gasteiger partial charge in [0.25, 0.3) is 5.91 Å². The zero-order chi connectivity index (χ0) is 16.2. The molecular formula is C18H22N2O3. The lowest BCUT2D eigenvalue weighted by Gasteiger charge is -2.35. The van der Waals surface area contributed by atoms with E-state index in [1.807, 2.05) is 42.2 Å². The number of piperazine rings is 1. The van der Waals surface area contributed by atoms with Crippen molar-refractivity contribution in [3.8, 4) is 0 Å². The molecule has 122 valence electrons. The lowest BCUT2D eigenvalue weighted by molar-refractivity contribution is 0.0503. The summed E-state index contributed by atoms with van der Waals surface area (Å²) in [6, 6.07) is 11.5. The molecule has 1 N–H and O–H groups in total. The van der Waals surface area contributed by atoms with Crippen molar-refractivity contribution in [3.05, 3.63) is 59.5 Å². The second-order valence-corrected chi connectivity index (χ2v) is 5.95. The van der Waals surface area contributed by atoms with Crippen LogP contribution in [0.15, 0.2) is 47.1 Å². The topological polar surface area (TPSA) is 56.9 Å². The molecule has 1 saturated heterocycles. The van der Waals surface area contributed by atoms with E-state index < -0.39 is 6.10 Å². The van der Waals surface area contributed by atoms with Crippen molar-refractivity contribution in [2.24, 2.45) is 0 Å². The zero-order valence-corrected chi connectivity index (χ0v) is 13.3. The Kier molecular flexibility index (Phi) is 4.79. The largest absolute Gasteiger partial charge is 0.459 e. The van der Waals surface area contributed by atoms with Crippen molar-refractivity contribution in [1.82, 2.24) is 9.80 Å². The number of nitrogens with zero attached hydrogens (tertiary/aromatic N) is 2. The number of hydrogen-bond donors (Lipinski definition) is 1. The number of furan rings is 1. The van der Waals surface area contributed by atoms with E-state index in [1.165, 1.54) is 0 Å². The minimum absolute atomic E-state index is 0.0456. The van der Waals surface area contributed by atoms with E-state index in [2.05, 4.69) is 4.90 Å². The van der Waals surface area contributed by atoms with Crippen molar-refractivity contribution in [2.45, 2.75) is 13.0 Å². The van der Waals surface area contributed by atoms with Crippen LogP contribution in [0.5, 0.6) is 0 Å². The fourth-order valence-corrected chi connectivity index (χ4v) is 2.89. The van der Waals surface area contributed by atoms with E-state index in [1.54, 1.807) is 12.3 Å². The van der Waals surface area contributed by atoms with Crippen LogP contribution in [0, 0.1) is 6.92 Å². The van der Waals surface area contributed by atoms with Gasteiger partial charge in [-0.2, -0.15) is 0 Å². The van der Waals surface area contributed by atoms with Gasteiger partial charge in [0.1, 0.15) is 0 Å². The summed E-state index contributed by atoms with van der Waals surface area (Å²) in [6.45, 7) is 5.29. The average Bonchev–Trinajstić information content (AvgIpc) is 3.02. The summed E-state index contributed by atoms with van der Waals surface area (Å²) in [4.78, 5) is 16.4.